The van der Waals surface area contributed by atoms with Gasteiger partial charge in [0, 0.05) is 6.04 Å². The summed E-state index contributed by atoms with van der Waals surface area (Å²) in [7, 11) is 0.696. The van der Waals surface area contributed by atoms with Gasteiger partial charge in [0.2, 0.25) is 0 Å². The van der Waals surface area contributed by atoms with E-state index in [2.05, 4.69) is 56.1 Å². The average Bonchev–Trinajstić information content (AvgIpc) is 3.16. The molecule has 3 rings (SSSR count). The van der Waals surface area contributed by atoms with Gasteiger partial charge in [-0.05, 0) is 50.1 Å². The molecule has 0 aromatic rings. The molecule has 3 aliphatic rings. The fourth-order valence-corrected chi connectivity index (χ4v) is 6.44. The van der Waals surface area contributed by atoms with E-state index in [1.54, 1.807) is 0 Å². The van der Waals surface area contributed by atoms with E-state index in [-0.39, 0.29) is 37.7 Å². The Morgan fingerprint density at radius 1 is 1.00 bits per heavy atom. The minimum atomic E-state index is -1.34. The largest absolute Gasteiger partial charge is 1.00 e. The van der Waals surface area contributed by atoms with Crippen molar-refractivity contribution in [1.82, 2.24) is 4.90 Å². The molecule has 2 fully saturated rings. The summed E-state index contributed by atoms with van der Waals surface area (Å²) >= 11 is 0. The zero-order chi connectivity index (χ0) is 16.9. The zero-order valence-electron chi connectivity index (χ0n) is 18.0. The molecule has 132 valence electrons. The van der Waals surface area contributed by atoms with Crippen molar-refractivity contribution in [3.05, 3.63) is 29.3 Å². The predicted octanol–water partition coefficient (Wildman–Crippen LogP) is -0.538. The van der Waals surface area contributed by atoms with Crippen LogP contribution < -0.4 is 37.7 Å². The molecule has 4 atom stereocenters. The maximum Gasteiger partial charge on any atom is 1.00 e. The van der Waals surface area contributed by atoms with Crippen molar-refractivity contribution in [2.24, 2.45) is 17.8 Å². The smallest absolute Gasteiger partial charge is 0.667 e. The van der Waals surface area contributed by atoms with E-state index in [1.165, 1.54) is 44.8 Å². The molecule has 1 saturated carbocycles. The van der Waals surface area contributed by atoms with Gasteiger partial charge in [-0.2, -0.15) is 7.05 Å². The van der Waals surface area contributed by atoms with Crippen LogP contribution in [0.15, 0.2) is 24.3 Å². The standard InChI is InChI=1S/C17H29N2Si.C3H8.2Li/c1-18-20(2,3)13-14-12-17(19-10-6-7-11-19)16-9-5-4-8-15(14)16;1-3-2;;/h4-5,8-9,14-17H,6-7,10-13H2,1-3H3;3H2,1-2H3;;/q-1;;2*+1. The summed E-state index contributed by atoms with van der Waals surface area (Å²) in [6, 6.07) is 2.17. The molecule has 0 radical (unpaired) electrons. The second-order valence-electron chi connectivity index (χ2n) is 8.18. The van der Waals surface area contributed by atoms with E-state index in [0.717, 1.165) is 23.8 Å². The molecule has 0 N–H and O–H groups in total. The van der Waals surface area contributed by atoms with Crippen LogP contribution in [-0.4, -0.2) is 39.3 Å². The van der Waals surface area contributed by atoms with E-state index >= 15 is 0 Å². The molecule has 1 aliphatic heterocycles. The van der Waals surface area contributed by atoms with Crippen molar-refractivity contribution in [3.63, 3.8) is 0 Å². The first-order chi connectivity index (χ1) is 11.0. The summed E-state index contributed by atoms with van der Waals surface area (Å²) in [5.41, 5.74) is 0. The van der Waals surface area contributed by atoms with Crippen molar-refractivity contribution >= 4 is 8.24 Å². The molecule has 0 bridgehead atoms. The van der Waals surface area contributed by atoms with E-state index in [9.17, 15) is 0 Å². The van der Waals surface area contributed by atoms with Gasteiger partial charge in [-0.1, -0.05) is 71.9 Å². The van der Waals surface area contributed by atoms with Gasteiger partial charge in [-0.25, -0.2) is 0 Å². The summed E-state index contributed by atoms with van der Waals surface area (Å²) in [4.78, 5) is 7.50. The van der Waals surface area contributed by atoms with Crippen LogP contribution in [0, 0.1) is 17.8 Å². The van der Waals surface area contributed by atoms with Crippen molar-refractivity contribution in [2.75, 3.05) is 20.1 Å². The molecule has 2 aliphatic carbocycles. The van der Waals surface area contributed by atoms with Crippen LogP contribution >= 0.6 is 0 Å². The Morgan fingerprint density at radius 2 is 1.52 bits per heavy atom. The molecular weight excluding hydrogens is 310 g/mol. The molecule has 0 aromatic carbocycles. The second-order valence-corrected chi connectivity index (χ2v) is 12.7. The van der Waals surface area contributed by atoms with E-state index < -0.39 is 8.24 Å². The van der Waals surface area contributed by atoms with Crippen molar-refractivity contribution in [1.29, 1.82) is 0 Å². The van der Waals surface area contributed by atoms with Gasteiger partial charge in [-0.3, -0.25) is 4.90 Å². The number of likely N-dealkylation sites (tertiary alicyclic amines) is 1. The second kappa shape index (κ2) is 12.3. The van der Waals surface area contributed by atoms with Crippen LogP contribution in [0.3, 0.4) is 0 Å². The maximum atomic E-state index is 4.73. The minimum Gasteiger partial charge on any atom is -0.667 e. The van der Waals surface area contributed by atoms with Crippen LogP contribution in [-0.2, 0) is 0 Å². The molecule has 0 aromatic heterocycles. The molecule has 1 saturated heterocycles. The number of fused-ring (bicyclic) bond motifs is 1. The summed E-state index contributed by atoms with van der Waals surface area (Å²) < 4.78 is 0. The zero-order valence-corrected chi connectivity index (χ0v) is 19.0. The average molecular weight is 347 g/mol. The van der Waals surface area contributed by atoms with Gasteiger partial charge < -0.3 is 4.98 Å². The molecule has 1 heterocycles. The van der Waals surface area contributed by atoms with Gasteiger partial charge in [0.25, 0.3) is 0 Å². The fourth-order valence-electron chi connectivity index (χ4n) is 4.54. The molecule has 5 heteroatoms. The van der Waals surface area contributed by atoms with Gasteiger partial charge in [-0.15, -0.1) is 0 Å². The molecule has 2 nitrogen and oxygen atoms in total. The van der Waals surface area contributed by atoms with Crippen molar-refractivity contribution < 1.29 is 37.7 Å². The summed E-state index contributed by atoms with van der Waals surface area (Å²) in [6.45, 7) is 11.8. The third-order valence-corrected chi connectivity index (χ3v) is 8.47. The Kier molecular flexibility index (Phi) is 12.7. The van der Waals surface area contributed by atoms with E-state index in [4.69, 9.17) is 4.98 Å². The first-order valence-electron chi connectivity index (χ1n) is 9.72. The van der Waals surface area contributed by atoms with Crippen LogP contribution in [0.4, 0.5) is 0 Å². The molecule has 25 heavy (non-hydrogen) atoms. The van der Waals surface area contributed by atoms with Gasteiger partial charge >= 0.3 is 37.7 Å². The number of allylic oxidation sites excluding steroid dienone is 3. The van der Waals surface area contributed by atoms with Crippen molar-refractivity contribution in [2.45, 2.75) is 64.7 Å². The van der Waals surface area contributed by atoms with Crippen LogP contribution in [0.5, 0.6) is 0 Å². The number of nitrogens with zero attached hydrogens (tertiary/aromatic N) is 2. The Balaban J connectivity index is 0.00000108. The summed E-state index contributed by atoms with van der Waals surface area (Å²) in [5, 5.41) is 0. The number of hydrogen-bond donors (Lipinski definition) is 0. The summed E-state index contributed by atoms with van der Waals surface area (Å²) in [6.07, 6.45) is 15.0. The monoisotopic (exact) mass is 347 g/mol. The molecule has 0 spiro atoms. The Labute approximate surface area is 182 Å². The fraction of sp³-hybridized carbons (Fsp3) is 0.800. The Morgan fingerprint density at radius 3 is 2.04 bits per heavy atom. The van der Waals surface area contributed by atoms with Crippen LogP contribution in [0.25, 0.3) is 4.98 Å². The molecule has 0 amide bonds. The molecule has 4 unspecified atom stereocenters. The van der Waals surface area contributed by atoms with E-state index in [0.29, 0.717) is 0 Å². The Bertz CT molecular complexity index is 420. The van der Waals surface area contributed by atoms with Crippen LogP contribution in [0.1, 0.15) is 39.5 Å². The van der Waals surface area contributed by atoms with Gasteiger partial charge in [0.05, 0.1) is 0 Å². The van der Waals surface area contributed by atoms with Gasteiger partial charge in [0.15, 0.2) is 0 Å². The quantitative estimate of drug-likeness (QED) is 0.625. The third-order valence-electron chi connectivity index (χ3n) is 5.73. The predicted molar refractivity (Wildman–Crippen MR) is 105 cm³/mol. The summed E-state index contributed by atoms with van der Waals surface area (Å²) in [5.74, 6) is 2.40. The number of rotatable bonds is 4. The number of hydrogen-bond acceptors (Lipinski definition) is 1. The van der Waals surface area contributed by atoms with E-state index in [1.807, 2.05) is 7.05 Å². The van der Waals surface area contributed by atoms with Crippen molar-refractivity contribution in [3.8, 4) is 0 Å². The minimum absolute atomic E-state index is 0. The van der Waals surface area contributed by atoms with Gasteiger partial charge in [0.1, 0.15) is 0 Å². The topological polar surface area (TPSA) is 17.3 Å². The van der Waals surface area contributed by atoms with Crippen LogP contribution in [0.2, 0.25) is 19.1 Å². The third kappa shape index (κ3) is 7.04. The normalized spacial score (nSPS) is 30.8. The molecular formula is C20H37Li2N2Si+. The maximum absolute atomic E-state index is 4.73. The first kappa shape index (κ1) is 25.8. The SMILES string of the molecule is CCC.C[N-][Si](C)(C)CC1CC(N2CCCC2)C2C=CC=CC12.[Li+].[Li+]. The Hall–Kier alpha value is 0.812. The first-order valence-corrected chi connectivity index (χ1v) is 12.9.